The second-order valence-corrected chi connectivity index (χ2v) is 5.04. The van der Waals surface area contributed by atoms with Crippen LogP contribution in [0.1, 0.15) is 22.0 Å². The number of carbonyl (C=O) groups excluding carboxylic acids is 1. The number of nitrogens with zero attached hydrogens (tertiary/aromatic N) is 3. The van der Waals surface area contributed by atoms with Crippen LogP contribution in [0.4, 0.5) is 4.39 Å². The average molecular weight is 327 g/mol. The molecule has 0 aliphatic carbocycles. The molecular formula is C12H12BrFN4O. The van der Waals surface area contributed by atoms with E-state index in [2.05, 4.69) is 31.1 Å². The highest BCUT2D eigenvalue weighted by Gasteiger charge is 2.17. The van der Waals surface area contributed by atoms with Crippen molar-refractivity contribution < 1.29 is 9.18 Å². The first-order chi connectivity index (χ1) is 8.97. The zero-order valence-electron chi connectivity index (χ0n) is 10.4. The molecule has 0 aliphatic heterocycles. The summed E-state index contributed by atoms with van der Waals surface area (Å²) in [5.41, 5.74) is 0.0259. The Balaban J connectivity index is 2.14. The maximum absolute atomic E-state index is 13.7. The summed E-state index contributed by atoms with van der Waals surface area (Å²) >= 11 is 3.15. The Bertz CT molecular complexity index is 614. The largest absolute Gasteiger partial charge is 0.334 e. The molecular weight excluding hydrogens is 315 g/mol. The molecule has 0 radical (unpaired) electrons. The number of nitrogens with one attached hydrogen (secondary N) is 1. The predicted molar refractivity (Wildman–Crippen MR) is 71.0 cm³/mol. The molecule has 1 aromatic carbocycles. The Morgan fingerprint density at radius 2 is 2.26 bits per heavy atom. The monoisotopic (exact) mass is 326 g/mol. The summed E-state index contributed by atoms with van der Waals surface area (Å²) in [5.74, 6) is 0.196. The first-order valence-corrected chi connectivity index (χ1v) is 6.35. The van der Waals surface area contributed by atoms with Gasteiger partial charge in [-0.05, 0) is 25.1 Å². The minimum absolute atomic E-state index is 0.0259. The van der Waals surface area contributed by atoms with Crippen LogP contribution in [-0.2, 0) is 6.54 Å². The number of aromatic nitrogens is 3. The maximum atomic E-state index is 13.7. The molecule has 7 heteroatoms. The van der Waals surface area contributed by atoms with Crippen LogP contribution >= 0.6 is 15.9 Å². The zero-order chi connectivity index (χ0) is 14.0. The molecule has 100 valence electrons. The number of aryl methyl sites for hydroxylation is 1. The summed E-state index contributed by atoms with van der Waals surface area (Å²) in [6.07, 6.45) is 0. The summed E-state index contributed by atoms with van der Waals surface area (Å²) in [4.78, 5) is 17.6. The van der Waals surface area contributed by atoms with E-state index in [9.17, 15) is 9.18 Å². The molecule has 0 atom stereocenters. The summed E-state index contributed by atoms with van der Waals surface area (Å²) in [6, 6.07) is 4.33. The topological polar surface area (TPSA) is 61.9 Å². The first-order valence-electron chi connectivity index (χ1n) is 5.56. The second kappa shape index (κ2) is 5.48. The lowest BCUT2D eigenvalue weighted by Gasteiger charge is -2.15. The van der Waals surface area contributed by atoms with Gasteiger partial charge in [0.2, 0.25) is 0 Å². The van der Waals surface area contributed by atoms with E-state index in [-0.39, 0.29) is 12.1 Å². The number of aromatic amines is 1. The molecule has 1 N–H and O–H groups in total. The first kappa shape index (κ1) is 13.7. The van der Waals surface area contributed by atoms with Crippen LogP contribution in [0, 0.1) is 12.7 Å². The van der Waals surface area contributed by atoms with Crippen molar-refractivity contribution in [3.05, 3.63) is 45.7 Å². The van der Waals surface area contributed by atoms with Crippen molar-refractivity contribution in [3.63, 3.8) is 0 Å². The molecule has 1 heterocycles. The van der Waals surface area contributed by atoms with E-state index < -0.39 is 11.7 Å². The van der Waals surface area contributed by atoms with E-state index in [4.69, 9.17) is 0 Å². The van der Waals surface area contributed by atoms with Crippen molar-refractivity contribution in [2.24, 2.45) is 0 Å². The SMILES string of the molecule is Cc1nc(CN(C)C(=O)c2ccc(Br)cc2F)n[nH]1. The fourth-order valence-electron chi connectivity index (χ4n) is 1.61. The molecule has 0 aliphatic rings. The van der Waals surface area contributed by atoms with Gasteiger partial charge in [-0.15, -0.1) is 0 Å². The lowest BCUT2D eigenvalue weighted by Crippen LogP contribution is -2.27. The van der Waals surface area contributed by atoms with Crippen molar-refractivity contribution in [1.82, 2.24) is 20.1 Å². The summed E-state index contributed by atoms with van der Waals surface area (Å²) in [5, 5.41) is 6.63. The Morgan fingerprint density at radius 1 is 1.53 bits per heavy atom. The van der Waals surface area contributed by atoms with Crippen molar-refractivity contribution >= 4 is 21.8 Å². The van der Waals surface area contributed by atoms with E-state index in [1.165, 1.54) is 17.0 Å². The average Bonchev–Trinajstić information content (AvgIpc) is 2.74. The lowest BCUT2D eigenvalue weighted by molar-refractivity contribution is 0.0777. The number of halogens is 2. The molecule has 0 spiro atoms. The molecule has 0 fully saturated rings. The van der Waals surface area contributed by atoms with Gasteiger partial charge in [0.05, 0.1) is 12.1 Å². The van der Waals surface area contributed by atoms with E-state index in [0.717, 1.165) is 0 Å². The number of carbonyl (C=O) groups is 1. The molecule has 0 bridgehead atoms. The third kappa shape index (κ3) is 3.17. The zero-order valence-corrected chi connectivity index (χ0v) is 12.0. The summed E-state index contributed by atoms with van der Waals surface area (Å²) < 4.78 is 14.3. The predicted octanol–water partition coefficient (Wildman–Crippen LogP) is 2.29. The van der Waals surface area contributed by atoms with Crippen molar-refractivity contribution in [3.8, 4) is 0 Å². The maximum Gasteiger partial charge on any atom is 0.256 e. The van der Waals surface area contributed by atoms with Gasteiger partial charge in [0, 0.05) is 11.5 Å². The number of hydrogen-bond acceptors (Lipinski definition) is 3. The highest BCUT2D eigenvalue weighted by atomic mass is 79.9. The molecule has 1 aromatic heterocycles. The fourth-order valence-corrected chi connectivity index (χ4v) is 1.95. The van der Waals surface area contributed by atoms with Gasteiger partial charge in [0.15, 0.2) is 5.82 Å². The molecule has 2 aromatic rings. The Labute approximate surface area is 118 Å². The van der Waals surface area contributed by atoms with E-state index in [0.29, 0.717) is 16.1 Å². The Morgan fingerprint density at radius 3 is 2.84 bits per heavy atom. The minimum atomic E-state index is -0.558. The summed E-state index contributed by atoms with van der Waals surface area (Å²) in [7, 11) is 1.58. The number of benzene rings is 1. The van der Waals surface area contributed by atoms with Crippen LogP contribution in [0.15, 0.2) is 22.7 Å². The van der Waals surface area contributed by atoms with Gasteiger partial charge in [-0.1, -0.05) is 15.9 Å². The van der Waals surface area contributed by atoms with Gasteiger partial charge in [0.25, 0.3) is 5.91 Å². The van der Waals surface area contributed by atoms with Crippen molar-refractivity contribution in [2.75, 3.05) is 7.05 Å². The van der Waals surface area contributed by atoms with Crippen LogP contribution in [-0.4, -0.2) is 33.0 Å². The normalized spacial score (nSPS) is 10.5. The van der Waals surface area contributed by atoms with Gasteiger partial charge in [-0.25, -0.2) is 9.37 Å². The Kier molecular flexibility index (Phi) is 3.94. The lowest BCUT2D eigenvalue weighted by atomic mass is 10.2. The van der Waals surface area contributed by atoms with Crippen LogP contribution < -0.4 is 0 Å². The summed E-state index contributed by atoms with van der Waals surface area (Å²) in [6.45, 7) is 1.99. The molecule has 0 unspecified atom stereocenters. The quantitative estimate of drug-likeness (QED) is 0.941. The molecule has 19 heavy (non-hydrogen) atoms. The van der Waals surface area contributed by atoms with Gasteiger partial charge in [-0.3, -0.25) is 9.89 Å². The van der Waals surface area contributed by atoms with E-state index in [1.54, 1.807) is 20.0 Å². The van der Waals surface area contributed by atoms with Crippen LogP contribution in [0.3, 0.4) is 0 Å². The minimum Gasteiger partial charge on any atom is -0.334 e. The molecule has 0 saturated carbocycles. The fraction of sp³-hybridized carbons (Fsp3) is 0.250. The van der Waals surface area contributed by atoms with Crippen molar-refractivity contribution in [1.29, 1.82) is 0 Å². The molecule has 2 rings (SSSR count). The standard InChI is InChI=1S/C12H12BrFN4O/c1-7-15-11(17-16-7)6-18(2)12(19)9-4-3-8(13)5-10(9)14/h3-5H,6H2,1-2H3,(H,15,16,17). The number of amides is 1. The van der Waals surface area contributed by atoms with Gasteiger partial charge in [0.1, 0.15) is 11.6 Å². The van der Waals surface area contributed by atoms with E-state index >= 15 is 0 Å². The second-order valence-electron chi connectivity index (χ2n) is 4.12. The third-order valence-corrected chi connectivity index (χ3v) is 3.02. The molecule has 0 saturated heterocycles. The highest BCUT2D eigenvalue weighted by molar-refractivity contribution is 9.10. The van der Waals surface area contributed by atoms with Gasteiger partial charge >= 0.3 is 0 Å². The number of hydrogen-bond donors (Lipinski definition) is 1. The highest BCUT2D eigenvalue weighted by Crippen LogP contribution is 2.17. The van der Waals surface area contributed by atoms with Crippen LogP contribution in [0.5, 0.6) is 0 Å². The Hall–Kier alpha value is -1.76. The van der Waals surface area contributed by atoms with Crippen molar-refractivity contribution in [2.45, 2.75) is 13.5 Å². The number of H-pyrrole nitrogens is 1. The number of rotatable bonds is 3. The molecule has 5 nitrogen and oxygen atoms in total. The smallest absolute Gasteiger partial charge is 0.256 e. The van der Waals surface area contributed by atoms with E-state index in [1.807, 2.05) is 0 Å². The third-order valence-electron chi connectivity index (χ3n) is 2.53. The van der Waals surface area contributed by atoms with Gasteiger partial charge in [-0.2, -0.15) is 5.10 Å². The van der Waals surface area contributed by atoms with Crippen LogP contribution in [0.2, 0.25) is 0 Å². The molecule has 1 amide bonds. The van der Waals surface area contributed by atoms with Crippen LogP contribution in [0.25, 0.3) is 0 Å². The van der Waals surface area contributed by atoms with Gasteiger partial charge < -0.3 is 4.90 Å².